The van der Waals surface area contributed by atoms with Gasteiger partial charge in [0.2, 0.25) is 0 Å². The van der Waals surface area contributed by atoms with Crippen molar-refractivity contribution in [1.82, 2.24) is 0 Å². The summed E-state index contributed by atoms with van der Waals surface area (Å²) in [4.78, 5) is 0. The maximum absolute atomic E-state index is 11.1. The van der Waals surface area contributed by atoms with Crippen molar-refractivity contribution in [3.05, 3.63) is 23.7 Å². The van der Waals surface area contributed by atoms with Crippen molar-refractivity contribution < 1.29 is 13.6 Å². The van der Waals surface area contributed by atoms with Crippen LogP contribution in [0.5, 0.6) is 0 Å². The Morgan fingerprint density at radius 3 is 1.75 bits per heavy atom. The molecule has 0 atom stereocenters. The topological polar surface area (TPSA) is 35.5 Å². The molecule has 0 aromatic carbocycles. The smallest absolute Gasteiger partial charge is 0.418 e. The van der Waals surface area contributed by atoms with E-state index >= 15 is 0 Å². The van der Waals surface area contributed by atoms with Gasteiger partial charge in [-0.05, 0) is 25.0 Å². The van der Waals surface area contributed by atoms with E-state index in [1.807, 2.05) is 12.2 Å². The second-order valence-electron chi connectivity index (χ2n) is 2.87. The standard InChI is InChI=1S/C8H11O3P/c9-12(10-7-3-1-4-7)11-8-5-2-6-8/h3,5,12H,1-2,4,6H2. The Labute approximate surface area is 72.0 Å². The molecule has 2 aliphatic rings. The third-order valence-corrected chi connectivity index (χ3v) is 2.81. The number of allylic oxidation sites excluding steroid dienone is 4. The van der Waals surface area contributed by atoms with Gasteiger partial charge in [-0.15, -0.1) is 0 Å². The molecule has 0 saturated carbocycles. The first-order valence-electron chi connectivity index (χ1n) is 4.12. The average molecular weight is 186 g/mol. The second kappa shape index (κ2) is 3.36. The van der Waals surface area contributed by atoms with Crippen LogP contribution in [0.1, 0.15) is 25.7 Å². The van der Waals surface area contributed by atoms with Crippen molar-refractivity contribution in [3.8, 4) is 0 Å². The van der Waals surface area contributed by atoms with Gasteiger partial charge in [0.1, 0.15) is 11.5 Å². The lowest BCUT2D eigenvalue weighted by atomic mass is 10.1. The molecule has 4 heteroatoms. The van der Waals surface area contributed by atoms with E-state index in [4.69, 9.17) is 9.05 Å². The molecule has 0 aliphatic heterocycles. The fourth-order valence-electron chi connectivity index (χ4n) is 0.945. The van der Waals surface area contributed by atoms with Crippen LogP contribution in [0.3, 0.4) is 0 Å². The van der Waals surface area contributed by atoms with E-state index in [0.29, 0.717) is 0 Å². The van der Waals surface area contributed by atoms with E-state index in [1.54, 1.807) is 0 Å². The average Bonchev–Trinajstić information content (AvgIpc) is 1.89. The Morgan fingerprint density at radius 2 is 1.50 bits per heavy atom. The molecule has 0 aromatic heterocycles. The molecule has 0 spiro atoms. The molecule has 0 heterocycles. The van der Waals surface area contributed by atoms with Crippen molar-refractivity contribution in [1.29, 1.82) is 0 Å². The third-order valence-electron chi connectivity index (χ3n) is 1.95. The van der Waals surface area contributed by atoms with Crippen LogP contribution >= 0.6 is 8.25 Å². The van der Waals surface area contributed by atoms with E-state index in [2.05, 4.69) is 0 Å². The van der Waals surface area contributed by atoms with Crippen LogP contribution in [0.4, 0.5) is 0 Å². The Morgan fingerprint density at radius 1 is 1.08 bits per heavy atom. The lowest BCUT2D eigenvalue weighted by Crippen LogP contribution is -1.98. The zero-order valence-electron chi connectivity index (χ0n) is 6.71. The highest BCUT2D eigenvalue weighted by molar-refractivity contribution is 7.33. The van der Waals surface area contributed by atoms with E-state index in [-0.39, 0.29) is 0 Å². The van der Waals surface area contributed by atoms with Gasteiger partial charge in [0.25, 0.3) is 0 Å². The Bertz CT molecular complexity index is 241. The van der Waals surface area contributed by atoms with Gasteiger partial charge in [-0.3, -0.25) is 0 Å². The van der Waals surface area contributed by atoms with Crippen molar-refractivity contribution >= 4 is 8.25 Å². The lowest BCUT2D eigenvalue weighted by Gasteiger charge is -2.18. The van der Waals surface area contributed by atoms with Crippen molar-refractivity contribution in [2.24, 2.45) is 0 Å². The maximum atomic E-state index is 11.1. The van der Waals surface area contributed by atoms with Crippen LogP contribution in [-0.4, -0.2) is 0 Å². The van der Waals surface area contributed by atoms with E-state index < -0.39 is 8.25 Å². The Balaban J connectivity index is 1.76. The van der Waals surface area contributed by atoms with Gasteiger partial charge in [0, 0.05) is 12.8 Å². The zero-order chi connectivity index (χ0) is 8.39. The first-order chi connectivity index (χ1) is 5.84. The summed E-state index contributed by atoms with van der Waals surface area (Å²) >= 11 is 0. The highest BCUT2D eigenvalue weighted by atomic mass is 31.1. The predicted octanol–water partition coefficient (Wildman–Crippen LogP) is 2.76. The highest BCUT2D eigenvalue weighted by Crippen LogP contribution is 2.38. The van der Waals surface area contributed by atoms with Crippen molar-refractivity contribution in [2.75, 3.05) is 0 Å². The molecule has 0 aromatic rings. The molecule has 0 fully saturated rings. The van der Waals surface area contributed by atoms with Gasteiger partial charge in [-0.2, -0.15) is 0 Å². The monoisotopic (exact) mass is 186 g/mol. The molecule has 0 unspecified atom stereocenters. The van der Waals surface area contributed by atoms with Crippen molar-refractivity contribution in [3.63, 3.8) is 0 Å². The summed E-state index contributed by atoms with van der Waals surface area (Å²) in [5, 5.41) is 0. The van der Waals surface area contributed by atoms with Gasteiger partial charge in [0.05, 0.1) is 0 Å². The lowest BCUT2D eigenvalue weighted by molar-refractivity contribution is 0.285. The molecular formula is C8H11O3P. The fourth-order valence-corrected chi connectivity index (χ4v) is 1.79. The summed E-state index contributed by atoms with van der Waals surface area (Å²) < 4.78 is 21.2. The Hall–Kier alpha value is -0.690. The zero-order valence-corrected chi connectivity index (χ0v) is 7.71. The third kappa shape index (κ3) is 1.72. The SMILES string of the molecule is O=[PH](OC1=CCC1)OC1=CCC1. The minimum atomic E-state index is -2.30. The van der Waals surface area contributed by atoms with E-state index in [9.17, 15) is 4.57 Å². The summed E-state index contributed by atoms with van der Waals surface area (Å²) in [6.45, 7) is 0. The minimum Gasteiger partial charge on any atom is -0.423 e. The van der Waals surface area contributed by atoms with Gasteiger partial charge in [0.15, 0.2) is 0 Å². The molecule has 3 nitrogen and oxygen atoms in total. The largest absolute Gasteiger partial charge is 0.423 e. The maximum Gasteiger partial charge on any atom is 0.418 e. The van der Waals surface area contributed by atoms with Crippen LogP contribution in [-0.2, 0) is 13.6 Å². The van der Waals surface area contributed by atoms with Crippen LogP contribution < -0.4 is 0 Å². The van der Waals surface area contributed by atoms with E-state index in [1.165, 1.54) is 0 Å². The molecule has 2 rings (SSSR count). The molecule has 0 amide bonds. The summed E-state index contributed by atoms with van der Waals surface area (Å²) in [5.74, 6) is 1.64. The molecule has 0 bridgehead atoms. The molecule has 0 N–H and O–H groups in total. The van der Waals surface area contributed by atoms with Crippen LogP contribution in [0.25, 0.3) is 0 Å². The first kappa shape index (κ1) is 7.93. The van der Waals surface area contributed by atoms with Crippen LogP contribution in [0.15, 0.2) is 23.7 Å². The van der Waals surface area contributed by atoms with Crippen LogP contribution in [0.2, 0.25) is 0 Å². The van der Waals surface area contributed by atoms with E-state index in [0.717, 1.165) is 37.2 Å². The molecule has 12 heavy (non-hydrogen) atoms. The predicted molar refractivity (Wildman–Crippen MR) is 45.8 cm³/mol. The minimum absolute atomic E-state index is 0.818. The molecular weight excluding hydrogens is 175 g/mol. The van der Waals surface area contributed by atoms with Crippen LogP contribution in [0, 0.1) is 0 Å². The second-order valence-corrected chi connectivity index (χ2v) is 3.78. The number of hydrogen-bond donors (Lipinski definition) is 0. The Kier molecular flexibility index (Phi) is 2.22. The summed E-state index contributed by atoms with van der Waals surface area (Å²) in [7, 11) is -2.30. The quantitative estimate of drug-likeness (QED) is 0.633. The molecule has 0 radical (unpaired) electrons. The summed E-state index contributed by atoms with van der Waals surface area (Å²) in [6.07, 6.45) is 7.74. The summed E-state index contributed by atoms with van der Waals surface area (Å²) in [6, 6.07) is 0. The number of rotatable bonds is 4. The molecule has 66 valence electrons. The van der Waals surface area contributed by atoms with Gasteiger partial charge in [-0.25, -0.2) is 4.57 Å². The first-order valence-corrected chi connectivity index (χ1v) is 5.35. The van der Waals surface area contributed by atoms with Gasteiger partial charge >= 0.3 is 8.25 Å². The highest BCUT2D eigenvalue weighted by Gasteiger charge is 2.14. The van der Waals surface area contributed by atoms with Crippen molar-refractivity contribution in [2.45, 2.75) is 25.7 Å². The molecule has 2 aliphatic carbocycles. The number of hydrogen-bond acceptors (Lipinski definition) is 3. The fraction of sp³-hybridized carbons (Fsp3) is 0.500. The summed E-state index contributed by atoms with van der Waals surface area (Å²) in [5.41, 5.74) is 0. The normalized spacial score (nSPS) is 20.4. The van der Waals surface area contributed by atoms with Gasteiger partial charge < -0.3 is 9.05 Å². The molecule has 0 saturated heterocycles. The van der Waals surface area contributed by atoms with Gasteiger partial charge in [-0.1, -0.05) is 0 Å².